The number of hydrogen-bond acceptors (Lipinski definition) is 6. The first-order valence-corrected chi connectivity index (χ1v) is 15.2. The summed E-state index contributed by atoms with van der Waals surface area (Å²) >= 11 is 0. The maximum Gasteiger partial charge on any atom is 0.424 e. The van der Waals surface area contributed by atoms with E-state index in [1.54, 1.807) is 60.6 Å². The lowest BCUT2D eigenvalue weighted by Gasteiger charge is -2.28. The molecule has 10 heteroatoms. The normalized spacial score (nSPS) is 12.5. The van der Waals surface area contributed by atoms with Gasteiger partial charge in [-0.1, -0.05) is 35.4 Å². The smallest absolute Gasteiger partial charge is 0.424 e. The van der Waals surface area contributed by atoms with Crippen LogP contribution in [0.5, 0.6) is 0 Å². The van der Waals surface area contributed by atoms with E-state index in [0.717, 1.165) is 15.4 Å². The molecule has 0 saturated carbocycles. The van der Waals surface area contributed by atoms with Crippen LogP contribution in [0, 0.1) is 41.5 Å². The number of sulfonamides is 2. The number of amides is 1. The number of ether oxygens (including phenoxy) is 1. The molecule has 0 aliphatic rings. The maximum absolute atomic E-state index is 13.6. The highest BCUT2D eigenvalue weighted by Gasteiger charge is 2.34. The van der Waals surface area contributed by atoms with E-state index in [-0.39, 0.29) is 29.3 Å². The quantitative estimate of drug-likeness (QED) is 0.427. The van der Waals surface area contributed by atoms with Gasteiger partial charge >= 0.3 is 6.09 Å². The standard InChI is InChI=1S/C27H40N2O6S2/c1-18-14-20(3)24(21(4)15-18)36(31,32)28-12-10-11-13-29(26(30)35-27(7,8)9)37(33,34)25-22(5)16-19(2)17-23(25)6/h14-17,28H,10-13H2,1-9H3. The average molecular weight is 553 g/mol. The summed E-state index contributed by atoms with van der Waals surface area (Å²) in [6.45, 7) is 15.7. The Labute approximate surface area is 222 Å². The lowest BCUT2D eigenvalue weighted by Crippen LogP contribution is -2.42. The molecule has 0 bridgehead atoms. The fourth-order valence-corrected chi connectivity index (χ4v) is 7.83. The summed E-state index contributed by atoms with van der Waals surface area (Å²) in [7, 11) is -7.94. The van der Waals surface area contributed by atoms with E-state index < -0.39 is 31.7 Å². The molecule has 2 aromatic rings. The van der Waals surface area contributed by atoms with Crippen LogP contribution in [0.15, 0.2) is 34.1 Å². The second-order valence-corrected chi connectivity index (χ2v) is 14.1. The molecule has 206 valence electrons. The van der Waals surface area contributed by atoms with Crippen molar-refractivity contribution in [2.24, 2.45) is 0 Å². The Balaban J connectivity index is 2.21. The van der Waals surface area contributed by atoms with E-state index in [2.05, 4.69) is 4.72 Å². The molecular formula is C27H40N2O6S2. The molecule has 0 fully saturated rings. The van der Waals surface area contributed by atoms with Crippen molar-refractivity contribution < 1.29 is 26.4 Å². The molecule has 2 rings (SSSR count). The molecule has 0 radical (unpaired) electrons. The number of carbonyl (C=O) groups excluding carboxylic acids is 1. The van der Waals surface area contributed by atoms with Crippen LogP contribution in [-0.4, -0.2) is 45.9 Å². The number of hydrogen-bond donors (Lipinski definition) is 1. The molecule has 0 spiro atoms. The Hall–Kier alpha value is -2.43. The van der Waals surface area contributed by atoms with Crippen molar-refractivity contribution in [1.29, 1.82) is 0 Å². The molecule has 8 nitrogen and oxygen atoms in total. The fraction of sp³-hybridized carbons (Fsp3) is 0.519. The monoisotopic (exact) mass is 552 g/mol. The summed E-state index contributed by atoms with van der Waals surface area (Å²) in [6.07, 6.45) is -0.390. The van der Waals surface area contributed by atoms with Crippen LogP contribution >= 0.6 is 0 Å². The molecule has 37 heavy (non-hydrogen) atoms. The highest BCUT2D eigenvalue weighted by molar-refractivity contribution is 7.90. The van der Waals surface area contributed by atoms with Crippen molar-refractivity contribution in [1.82, 2.24) is 9.03 Å². The van der Waals surface area contributed by atoms with Crippen LogP contribution in [0.2, 0.25) is 0 Å². The van der Waals surface area contributed by atoms with Crippen molar-refractivity contribution in [3.05, 3.63) is 57.6 Å². The molecule has 2 aromatic carbocycles. The summed E-state index contributed by atoms with van der Waals surface area (Å²) in [6, 6.07) is 7.16. The third kappa shape index (κ3) is 7.78. The number of carbonyl (C=O) groups is 1. The van der Waals surface area contributed by atoms with E-state index in [1.165, 1.54) is 0 Å². The van der Waals surface area contributed by atoms with Crippen LogP contribution in [-0.2, 0) is 24.8 Å². The Kier molecular flexibility index (Phi) is 9.60. The molecule has 0 saturated heterocycles. The van der Waals surface area contributed by atoms with E-state index in [1.807, 2.05) is 26.0 Å². The van der Waals surface area contributed by atoms with Gasteiger partial charge in [0.05, 0.1) is 9.79 Å². The summed E-state index contributed by atoms with van der Waals surface area (Å²) in [5, 5.41) is 0. The zero-order chi connectivity index (χ0) is 28.3. The van der Waals surface area contributed by atoms with Gasteiger partial charge in [0.2, 0.25) is 10.0 Å². The molecule has 0 atom stereocenters. The third-order valence-corrected chi connectivity index (χ3v) is 9.54. The second kappa shape index (κ2) is 11.5. The van der Waals surface area contributed by atoms with Gasteiger partial charge in [0.25, 0.3) is 10.0 Å². The van der Waals surface area contributed by atoms with Crippen molar-refractivity contribution in [3.63, 3.8) is 0 Å². The first-order valence-electron chi connectivity index (χ1n) is 12.3. The van der Waals surface area contributed by atoms with Crippen molar-refractivity contribution in [2.45, 2.75) is 90.5 Å². The molecule has 0 heterocycles. The predicted octanol–water partition coefficient (Wildman–Crippen LogP) is 5.22. The fourth-order valence-electron chi connectivity index (χ4n) is 4.56. The number of aryl methyl sites for hydroxylation is 6. The highest BCUT2D eigenvalue weighted by Crippen LogP contribution is 2.27. The Morgan fingerprint density at radius 1 is 0.784 bits per heavy atom. The van der Waals surface area contributed by atoms with Gasteiger partial charge in [-0.05, 0) is 97.4 Å². The number of rotatable bonds is 9. The number of nitrogens with zero attached hydrogens (tertiary/aromatic N) is 1. The zero-order valence-corrected chi connectivity index (χ0v) is 25.0. The first-order chi connectivity index (χ1) is 16.9. The van der Waals surface area contributed by atoms with Crippen molar-refractivity contribution in [3.8, 4) is 0 Å². The Morgan fingerprint density at radius 2 is 1.22 bits per heavy atom. The van der Waals surface area contributed by atoms with E-state index in [9.17, 15) is 21.6 Å². The molecule has 1 N–H and O–H groups in total. The van der Waals surface area contributed by atoms with Crippen LogP contribution in [0.4, 0.5) is 4.79 Å². The average Bonchev–Trinajstić information content (AvgIpc) is 2.66. The molecule has 0 unspecified atom stereocenters. The minimum atomic E-state index is -4.20. The first kappa shape index (κ1) is 30.8. The lowest BCUT2D eigenvalue weighted by atomic mass is 10.1. The molecule has 1 amide bonds. The van der Waals surface area contributed by atoms with Crippen LogP contribution in [0.1, 0.15) is 67.0 Å². The van der Waals surface area contributed by atoms with Crippen molar-refractivity contribution >= 4 is 26.1 Å². The minimum absolute atomic E-state index is 0.0787. The lowest BCUT2D eigenvalue weighted by molar-refractivity contribution is 0.0389. The van der Waals surface area contributed by atoms with Gasteiger partial charge in [-0.2, -0.15) is 0 Å². The van der Waals surface area contributed by atoms with E-state index >= 15 is 0 Å². The van der Waals surface area contributed by atoms with Gasteiger partial charge in [0.1, 0.15) is 5.60 Å². The van der Waals surface area contributed by atoms with Crippen LogP contribution < -0.4 is 4.72 Å². The topological polar surface area (TPSA) is 110 Å². The maximum atomic E-state index is 13.6. The Bertz CT molecular complexity index is 1330. The van der Waals surface area contributed by atoms with Gasteiger partial charge in [-0.3, -0.25) is 0 Å². The minimum Gasteiger partial charge on any atom is -0.443 e. The zero-order valence-electron chi connectivity index (χ0n) is 23.4. The van der Waals surface area contributed by atoms with E-state index in [0.29, 0.717) is 28.7 Å². The predicted molar refractivity (Wildman–Crippen MR) is 146 cm³/mol. The van der Waals surface area contributed by atoms with Gasteiger partial charge in [0, 0.05) is 13.1 Å². The van der Waals surface area contributed by atoms with Gasteiger partial charge < -0.3 is 4.74 Å². The number of nitrogens with one attached hydrogen (secondary N) is 1. The number of benzene rings is 2. The van der Waals surface area contributed by atoms with Gasteiger partial charge in [-0.15, -0.1) is 0 Å². The second-order valence-electron chi connectivity index (χ2n) is 10.6. The van der Waals surface area contributed by atoms with E-state index in [4.69, 9.17) is 4.74 Å². The molecule has 0 aliphatic carbocycles. The summed E-state index contributed by atoms with van der Waals surface area (Å²) < 4.78 is 61.8. The summed E-state index contributed by atoms with van der Waals surface area (Å²) in [5.74, 6) is 0. The molecular weight excluding hydrogens is 512 g/mol. The van der Waals surface area contributed by atoms with Crippen molar-refractivity contribution in [2.75, 3.05) is 13.1 Å². The van der Waals surface area contributed by atoms with Gasteiger partial charge in [-0.25, -0.2) is 30.7 Å². The summed E-state index contributed by atoms with van der Waals surface area (Å²) in [5.41, 5.74) is 3.43. The largest absolute Gasteiger partial charge is 0.443 e. The third-order valence-electron chi connectivity index (χ3n) is 5.70. The Morgan fingerprint density at radius 3 is 1.65 bits per heavy atom. The SMILES string of the molecule is Cc1cc(C)c(S(=O)(=O)NCCCCN(C(=O)OC(C)(C)C)S(=O)(=O)c2c(C)cc(C)cc2C)c(C)c1. The summed E-state index contributed by atoms with van der Waals surface area (Å²) in [4.78, 5) is 13.3. The van der Waals surface area contributed by atoms with Crippen LogP contribution in [0.3, 0.4) is 0 Å². The molecule has 0 aliphatic heterocycles. The van der Waals surface area contributed by atoms with Gasteiger partial charge in [0.15, 0.2) is 0 Å². The van der Waals surface area contributed by atoms with Crippen LogP contribution in [0.25, 0.3) is 0 Å². The molecule has 0 aromatic heterocycles. The number of unbranched alkanes of at least 4 members (excludes halogenated alkanes) is 1. The highest BCUT2D eigenvalue weighted by atomic mass is 32.2.